The maximum Gasteiger partial charge on any atom is 0.309 e. The fourth-order valence-electron chi connectivity index (χ4n) is 1.83. The molecule has 0 heterocycles. The minimum atomic E-state index is -0.210. The second-order valence-electron chi connectivity index (χ2n) is 4.51. The summed E-state index contributed by atoms with van der Waals surface area (Å²) in [6.07, 6.45) is 2.97. The van der Waals surface area contributed by atoms with Gasteiger partial charge >= 0.3 is 5.97 Å². The molecule has 0 spiro atoms. The van der Waals surface area contributed by atoms with Crippen molar-refractivity contribution in [2.24, 2.45) is 11.7 Å². The molecular formula is C15H21NO2. The van der Waals surface area contributed by atoms with Crippen LogP contribution in [-0.2, 0) is 16.0 Å². The SMILES string of the molecule is C=CCOC(=O)[C@@H](C)C[C@@H](N)Cc1ccccc1. The molecule has 1 rings (SSSR count). The van der Waals surface area contributed by atoms with E-state index in [1.165, 1.54) is 5.56 Å². The van der Waals surface area contributed by atoms with Crippen molar-refractivity contribution in [2.45, 2.75) is 25.8 Å². The van der Waals surface area contributed by atoms with Gasteiger partial charge in [-0.15, -0.1) is 0 Å². The number of carbonyl (C=O) groups excluding carboxylic acids is 1. The van der Waals surface area contributed by atoms with Crippen LogP contribution in [0, 0.1) is 5.92 Å². The second-order valence-corrected chi connectivity index (χ2v) is 4.51. The zero-order valence-electron chi connectivity index (χ0n) is 10.8. The minimum Gasteiger partial charge on any atom is -0.461 e. The zero-order chi connectivity index (χ0) is 13.4. The van der Waals surface area contributed by atoms with Gasteiger partial charge in [-0.2, -0.15) is 0 Å². The van der Waals surface area contributed by atoms with E-state index in [0.29, 0.717) is 6.42 Å². The van der Waals surface area contributed by atoms with E-state index in [-0.39, 0.29) is 24.5 Å². The summed E-state index contributed by atoms with van der Waals surface area (Å²) >= 11 is 0. The molecule has 0 unspecified atom stereocenters. The van der Waals surface area contributed by atoms with Crippen molar-refractivity contribution in [2.75, 3.05) is 6.61 Å². The number of nitrogens with two attached hydrogens (primary N) is 1. The highest BCUT2D eigenvalue weighted by Crippen LogP contribution is 2.11. The molecular weight excluding hydrogens is 226 g/mol. The van der Waals surface area contributed by atoms with Gasteiger partial charge in [-0.05, 0) is 18.4 Å². The van der Waals surface area contributed by atoms with Gasteiger partial charge in [0, 0.05) is 6.04 Å². The quantitative estimate of drug-likeness (QED) is 0.594. The van der Waals surface area contributed by atoms with Crippen molar-refractivity contribution in [3.8, 4) is 0 Å². The Morgan fingerprint density at radius 3 is 2.72 bits per heavy atom. The molecule has 18 heavy (non-hydrogen) atoms. The molecule has 0 radical (unpaired) electrons. The van der Waals surface area contributed by atoms with Gasteiger partial charge in [0.2, 0.25) is 0 Å². The molecule has 3 nitrogen and oxygen atoms in total. The number of hydrogen-bond acceptors (Lipinski definition) is 3. The first-order valence-electron chi connectivity index (χ1n) is 6.20. The summed E-state index contributed by atoms with van der Waals surface area (Å²) in [6, 6.07) is 10.0. The summed E-state index contributed by atoms with van der Waals surface area (Å²) in [6.45, 7) is 5.61. The fraction of sp³-hybridized carbons (Fsp3) is 0.400. The summed E-state index contributed by atoms with van der Waals surface area (Å²) in [5.74, 6) is -0.387. The van der Waals surface area contributed by atoms with Crippen molar-refractivity contribution in [3.05, 3.63) is 48.6 Å². The molecule has 0 saturated carbocycles. The molecule has 98 valence electrons. The van der Waals surface area contributed by atoms with Crippen LogP contribution < -0.4 is 5.73 Å². The predicted molar refractivity (Wildman–Crippen MR) is 73.1 cm³/mol. The van der Waals surface area contributed by atoms with Crippen LogP contribution in [-0.4, -0.2) is 18.6 Å². The summed E-state index contributed by atoms with van der Waals surface area (Å²) in [5, 5.41) is 0. The van der Waals surface area contributed by atoms with Crippen LogP contribution in [0.2, 0.25) is 0 Å². The summed E-state index contributed by atoms with van der Waals surface area (Å²) in [7, 11) is 0. The number of ether oxygens (including phenoxy) is 1. The van der Waals surface area contributed by atoms with E-state index >= 15 is 0 Å². The van der Waals surface area contributed by atoms with E-state index in [1.807, 2.05) is 37.3 Å². The van der Waals surface area contributed by atoms with Crippen molar-refractivity contribution in [3.63, 3.8) is 0 Å². The summed E-state index contributed by atoms with van der Waals surface area (Å²) < 4.78 is 4.99. The predicted octanol–water partition coefficient (Wildman–Crippen LogP) is 2.31. The molecule has 2 atom stereocenters. The topological polar surface area (TPSA) is 52.3 Å². The molecule has 2 N–H and O–H groups in total. The molecule has 0 aliphatic heterocycles. The Kier molecular flexibility index (Phi) is 6.15. The maximum atomic E-state index is 11.6. The molecule has 1 aromatic carbocycles. The van der Waals surface area contributed by atoms with Crippen LogP contribution in [0.4, 0.5) is 0 Å². The van der Waals surface area contributed by atoms with Crippen molar-refractivity contribution in [1.82, 2.24) is 0 Å². The first-order valence-corrected chi connectivity index (χ1v) is 6.20. The van der Waals surface area contributed by atoms with Crippen LogP contribution in [0.5, 0.6) is 0 Å². The van der Waals surface area contributed by atoms with E-state index in [1.54, 1.807) is 6.08 Å². The molecule has 1 aromatic rings. The smallest absolute Gasteiger partial charge is 0.309 e. The Bertz CT molecular complexity index is 375. The van der Waals surface area contributed by atoms with Crippen molar-refractivity contribution >= 4 is 5.97 Å². The molecule has 0 fully saturated rings. The molecule has 0 aliphatic rings. The largest absolute Gasteiger partial charge is 0.461 e. The molecule has 0 bridgehead atoms. The average Bonchev–Trinajstić information content (AvgIpc) is 2.36. The van der Waals surface area contributed by atoms with Crippen LogP contribution in [0.1, 0.15) is 18.9 Å². The third-order valence-electron chi connectivity index (χ3n) is 2.74. The van der Waals surface area contributed by atoms with E-state index in [0.717, 1.165) is 6.42 Å². The lowest BCUT2D eigenvalue weighted by Gasteiger charge is -2.16. The van der Waals surface area contributed by atoms with Crippen LogP contribution >= 0.6 is 0 Å². The van der Waals surface area contributed by atoms with Gasteiger partial charge in [-0.3, -0.25) is 4.79 Å². The van der Waals surface area contributed by atoms with Gasteiger partial charge < -0.3 is 10.5 Å². The van der Waals surface area contributed by atoms with Gasteiger partial charge in [0.05, 0.1) is 5.92 Å². The summed E-state index contributed by atoms with van der Waals surface area (Å²) in [5.41, 5.74) is 7.24. The van der Waals surface area contributed by atoms with Crippen LogP contribution in [0.3, 0.4) is 0 Å². The molecule has 3 heteroatoms. The Morgan fingerprint density at radius 1 is 1.44 bits per heavy atom. The Balaban J connectivity index is 2.37. The monoisotopic (exact) mass is 247 g/mol. The molecule has 0 amide bonds. The van der Waals surface area contributed by atoms with Gasteiger partial charge in [0.25, 0.3) is 0 Å². The Hall–Kier alpha value is -1.61. The van der Waals surface area contributed by atoms with E-state index in [4.69, 9.17) is 10.5 Å². The van der Waals surface area contributed by atoms with Crippen molar-refractivity contribution in [1.29, 1.82) is 0 Å². The lowest BCUT2D eigenvalue weighted by molar-refractivity contribution is -0.147. The number of rotatable bonds is 7. The second kappa shape index (κ2) is 7.67. The highest BCUT2D eigenvalue weighted by molar-refractivity contribution is 5.72. The summed E-state index contributed by atoms with van der Waals surface area (Å²) in [4.78, 5) is 11.6. The van der Waals surface area contributed by atoms with E-state index < -0.39 is 0 Å². The van der Waals surface area contributed by atoms with Crippen molar-refractivity contribution < 1.29 is 9.53 Å². The number of benzene rings is 1. The zero-order valence-corrected chi connectivity index (χ0v) is 10.8. The minimum absolute atomic E-state index is 0.0290. The highest BCUT2D eigenvalue weighted by Gasteiger charge is 2.17. The number of hydrogen-bond donors (Lipinski definition) is 1. The number of esters is 1. The van der Waals surface area contributed by atoms with Crippen LogP contribution in [0.25, 0.3) is 0 Å². The molecule has 0 aromatic heterocycles. The normalized spacial score (nSPS) is 13.7. The fourth-order valence-corrected chi connectivity index (χ4v) is 1.83. The lowest BCUT2D eigenvalue weighted by atomic mass is 9.97. The van der Waals surface area contributed by atoms with E-state index in [9.17, 15) is 4.79 Å². The first kappa shape index (κ1) is 14.5. The average molecular weight is 247 g/mol. The first-order chi connectivity index (χ1) is 8.63. The highest BCUT2D eigenvalue weighted by atomic mass is 16.5. The third-order valence-corrected chi connectivity index (χ3v) is 2.74. The van der Waals surface area contributed by atoms with Gasteiger partial charge in [-0.25, -0.2) is 0 Å². The van der Waals surface area contributed by atoms with Gasteiger partial charge in [0.1, 0.15) is 6.61 Å². The van der Waals surface area contributed by atoms with Gasteiger partial charge in [0.15, 0.2) is 0 Å². The Labute approximate surface area is 109 Å². The maximum absolute atomic E-state index is 11.6. The molecule has 0 saturated heterocycles. The lowest BCUT2D eigenvalue weighted by Crippen LogP contribution is -2.29. The standard InChI is InChI=1S/C15H21NO2/c1-3-9-18-15(17)12(2)10-14(16)11-13-7-5-4-6-8-13/h3-8,12,14H,1,9-11,16H2,2H3/t12-,14+/m0/s1. The number of carbonyl (C=O) groups is 1. The van der Waals surface area contributed by atoms with Gasteiger partial charge in [-0.1, -0.05) is 49.9 Å². The molecule has 0 aliphatic carbocycles. The Morgan fingerprint density at radius 2 is 2.11 bits per heavy atom. The van der Waals surface area contributed by atoms with Crippen LogP contribution in [0.15, 0.2) is 43.0 Å². The van der Waals surface area contributed by atoms with E-state index in [2.05, 4.69) is 6.58 Å². The third kappa shape index (κ3) is 5.15.